The van der Waals surface area contributed by atoms with Gasteiger partial charge >= 0.3 is 0 Å². The average Bonchev–Trinajstić information content (AvgIpc) is 3.23. The molecule has 4 aliphatic rings. The molecule has 1 aliphatic heterocycles. The number of nitrogens with zero attached hydrogens (tertiary/aromatic N) is 2. The molecule has 0 saturated carbocycles. The summed E-state index contributed by atoms with van der Waals surface area (Å²) in [6.45, 7) is 0. The number of allylic oxidation sites excluding steroid dienone is 6. The van der Waals surface area contributed by atoms with Gasteiger partial charge in [0.2, 0.25) is 11.8 Å². The Bertz CT molecular complexity index is 1680. The van der Waals surface area contributed by atoms with Crippen molar-refractivity contribution < 1.29 is 38.7 Å². The van der Waals surface area contributed by atoms with E-state index in [-0.39, 0.29) is 62.9 Å². The summed E-state index contributed by atoms with van der Waals surface area (Å²) in [7, 11) is 2.81. The molecule has 0 radical (unpaired) electrons. The van der Waals surface area contributed by atoms with Crippen LogP contribution in [0, 0.1) is 27.9 Å². The number of carbonyl (C=O) groups excluding carboxylic acids is 4. The number of aromatic hydroxyl groups is 1. The number of ketones is 2. The van der Waals surface area contributed by atoms with Crippen molar-refractivity contribution in [2.24, 2.45) is 17.8 Å². The molecule has 3 aliphatic carbocycles. The smallest absolute Gasteiger partial charge is 0.269 e. The van der Waals surface area contributed by atoms with Crippen molar-refractivity contribution in [2.45, 2.75) is 18.8 Å². The van der Waals surface area contributed by atoms with Gasteiger partial charge in [-0.3, -0.25) is 34.2 Å². The van der Waals surface area contributed by atoms with Crippen molar-refractivity contribution in [1.29, 1.82) is 0 Å². The number of imide groups is 1. The zero-order valence-corrected chi connectivity index (χ0v) is 23.9. The van der Waals surface area contributed by atoms with Gasteiger partial charge in [-0.2, -0.15) is 0 Å². The Morgan fingerprint density at radius 1 is 1.00 bits per heavy atom. The van der Waals surface area contributed by atoms with E-state index in [4.69, 9.17) is 9.47 Å². The summed E-state index contributed by atoms with van der Waals surface area (Å²) in [4.78, 5) is 66.2. The average molecular weight is 635 g/mol. The minimum absolute atomic E-state index is 0.0577. The number of nitro benzene ring substituents is 1. The molecule has 0 spiro atoms. The van der Waals surface area contributed by atoms with Crippen LogP contribution in [0.15, 0.2) is 69.8 Å². The van der Waals surface area contributed by atoms with Crippen molar-refractivity contribution in [3.05, 3.63) is 85.4 Å². The topological polar surface area (TPSA) is 153 Å². The summed E-state index contributed by atoms with van der Waals surface area (Å²) in [6.07, 6.45) is 3.33. The fourth-order valence-corrected chi connectivity index (χ4v) is 7.17. The number of rotatable bonds is 5. The molecule has 4 atom stereocenters. The van der Waals surface area contributed by atoms with Gasteiger partial charge in [0.15, 0.2) is 11.6 Å². The first-order chi connectivity index (χ1) is 20.1. The molecule has 2 aromatic carbocycles. The number of non-ortho nitro benzene ring substituents is 1. The van der Waals surface area contributed by atoms with E-state index in [1.807, 2.05) is 6.08 Å². The number of ether oxygens (including phenoxy) is 2. The lowest BCUT2D eigenvalue weighted by Gasteiger charge is -2.42. The first-order valence-corrected chi connectivity index (χ1v) is 13.8. The molecule has 1 heterocycles. The van der Waals surface area contributed by atoms with Gasteiger partial charge in [0.25, 0.3) is 5.69 Å². The van der Waals surface area contributed by atoms with E-state index in [0.717, 1.165) is 4.90 Å². The van der Waals surface area contributed by atoms with E-state index in [0.29, 0.717) is 11.1 Å². The third kappa shape index (κ3) is 4.00. The van der Waals surface area contributed by atoms with E-state index < -0.39 is 46.2 Å². The first-order valence-electron chi connectivity index (χ1n) is 13.0. The van der Waals surface area contributed by atoms with Gasteiger partial charge < -0.3 is 14.6 Å². The van der Waals surface area contributed by atoms with Gasteiger partial charge in [0, 0.05) is 53.0 Å². The summed E-state index contributed by atoms with van der Waals surface area (Å²) in [5.74, 6) is -4.41. The molecular formula is C30H23BrN2O9. The number of nitro groups is 1. The number of phenolic OH excluding ortho intramolecular Hbond substituents is 1. The molecule has 2 amide bonds. The number of carbonyl (C=O) groups is 4. The maximum absolute atomic E-state index is 14.0. The third-order valence-corrected chi connectivity index (χ3v) is 9.06. The van der Waals surface area contributed by atoms with Crippen LogP contribution in [0.5, 0.6) is 17.2 Å². The zero-order valence-electron chi connectivity index (χ0n) is 22.3. The maximum atomic E-state index is 14.0. The predicted molar refractivity (Wildman–Crippen MR) is 151 cm³/mol. The zero-order chi connectivity index (χ0) is 30.0. The van der Waals surface area contributed by atoms with Crippen molar-refractivity contribution in [2.75, 3.05) is 19.1 Å². The second-order valence-corrected chi connectivity index (χ2v) is 11.3. The molecule has 0 unspecified atom stereocenters. The highest BCUT2D eigenvalue weighted by Crippen LogP contribution is 2.58. The molecule has 6 rings (SSSR count). The molecule has 1 N–H and O–H groups in total. The predicted octanol–water partition coefficient (Wildman–Crippen LogP) is 4.28. The number of anilines is 1. The molecule has 0 aromatic heterocycles. The normalized spacial score (nSPS) is 25.0. The molecule has 214 valence electrons. The van der Waals surface area contributed by atoms with Crippen LogP contribution in [0.3, 0.4) is 0 Å². The number of fused-ring (bicyclic) bond motifs is 3. The third-order valence-electron chi connectivity index (χ3n) is 8.47. The number of hydrogen-bond donors (Lipinski definition) is 1. The Kier molecular flexibility index (Phi) is 6.60. The Morgan fingerprint density at radius 2 is 1.64 bits per heavy atom. The SMILES string of the molecule is COc1cc(O)cc(OC)c1[C@H]1C2=CC[C@@H]3C(=O)N(c4ccc([N+](=O)[O-])cc4)C(=O)[C@@H]3[C@@H]2CC2=C1C(=O)C=C(Br)C2=O. The lowest BCUT2D eigenvalue weighted by Crippen LogP contribution is -2.39. The van der Waals surface area contributed by atoms with Crippen LogP contribution in [-0.4, -0.2) is 47.6 Å². The quantitative estimate of drug-likeness (QED) is 0.167. The van der Waals surface area contributed by atoms with Crippen molar-refractivity contribution >= 4 is 50.7 Å². The number of methoxy groups -OCH3 is 2. The van der Waals surface area contributed by atoms with Gasteiger partial charge in [-0.25, -0.2) is 0 Å². The molecule has 11 nitrogen and oxygen atoms in total. The number of halogens is 1. The fraction of sp³-hybridized carbons (Fsp3) is 0.267. The lowest BCUT2D eigenvalue weighted by atomic mass is 9.59. The fourth-order valence-electron chi connectivity index (χ4n) is 6.73. The van der Waals surface area contributed by atoms with Crippen molar-refractivity contribution in [1.82, 2.24) is 0 Å². The van der Waals surface area contributed by atoms with Crippen molar-refractivity contribution in [3.63, 3.8) is 0 Å². The second-order valence-electron chi connectivity index (χ2n) is 10.4. The van der Waals surface area contributed by atoms with Gasteiger partial charge in [0.05, 0.1) is 41.1 Å². The van der Waals surface area contributed by atoms with Crippen LogP contribution >= 0.6 is 15.9 Å². The minimum atomic E-state index is -0.852. The number of benzene rings is 2. The van der Waals surface area contributed by atoms with Gasteiger partial charge in [-0.1, -0.05) is 11.6 Å². The van der Waals surface area contributed by atoms with E-state index in [1.165, 1.54) is 56.7 Å². The summed E-state index contributed by atoms with van der Waals surface area (Å²) < 4.78 is 11.3. The molecule has 0 bridgehead atoms. The van der Waals surface area contributed by atoms with Crippen LogP contribution in [0.1, 0.15) is 24.3 Å². The Labute approximate surface area is 247 Å². The monoisotopic (exact) mass is 634 g/mol. The molecule has 42 heavy (non-hydrogen) atoms. The standard InChI is InChI=1S/C30H23BrN2O9/c1-41-22-9-15(34)10-23(42-2)27(22)26-16-7-8-17-24(18(16)11-19-25(26)21(35)12-20(31)28(19)36)30(38)32(29(17)37)13-3-5-14(6-4-13)33(39)40/h3-7,9-10,12,17-18,24,26,34H,8,11H2,1-2H3/t17-,18+,24-,26-/m0/s1. The van der Waals surface area contributed by atoms with Gasteiger partial charge in [0.1, 0.15) is 17.2 Å². The highest BCUT2D eigenvalue weighted by Gasteiger charge is 2.57. The summed E-state index contributed by atoms with van der Waals surface area (Å²) in [5, 5.41) is 21.4. The van der Waals surface area contributed by atoms with Crippen LogP contribution in [-0.2, 0) is 19.2 Å². The highest BCUT2D eigenvalue weighted by atomic mass is 79.9. The highest BCUT2D eigenvalue weighted by molar-refractivity contribution is 9.12. The number of phenols is 1. The van der Waals surface area contributed by atoms with Crippen LogP contribution < -0.4 is 14.4 Å². The van der Waals surface area contributed by atoms with Crippen LogP contribution in [0.25, 0.3) is 0 Å². The van der Waals surface area contributed by atoms with E-state index >= 15 is 0 Å². The van der Waals surface area contributed by atoms with Crippen molar-refractivity contribution in [3.8, 4) is 17.2 Å². The molecule has 1 saturated heterocycles. The molecule has 12 heteroatoms. The molecular weight excluding hydrogens is 612 g/mol. The van der Waals surface area contributed by atoms with Gasteiger partial charge in [-0.05, 0) is 46.8 Å². The Hall–Kier alpha value is -4.58. The first kappa shape index (κ1) is 27.6. The van der Waals surface area contributed by atoms with Crippen LogP contribution in [0.4, 0.5) is 11.4 Å². The lowest BCUT2D eigenvalue weighted by molar-refractivity contribution is -0.384. The summed E-state index contributed by atoms with van der Waals surface area (Å²) >= 11 is 3.20. The second kappa shape index (κ2) is 10.1. The number of Topliss-reactive ketones (excluding diaryl/α,β-unsaturated/α-hetero) is 1. The maximum Gasteiger partial charge on any atom is 0.269 e. The Morgan fingerprint density at radius 3 is 2.24 bits per heavy atom. The van der Waals surface area contributed by atoms with Gasteiger partial charge in [-0.15, -0.1) is 0 Å². The van der Waals surface area contributed by atoms with Crippen LogP contribution in [0.2, 0.25) is 0 Å². The summed E-state index contributed by atoms with van der Waals surface area (Å²) in [6, 6.07) is 7.96. The minimum Gasteiger partial charge on any atom is -0.508 e. The molecule has 1 fully saturated rings. The van der Waals surface area contributed by atoms with E-state index in [2.05, 4.69) is 15.9 Å². The number of hydrogen-bond acceptors (Lipinski definition) is 9. The Balaban J connectivity index is 1.51. The molecule has 2 aromatic rings. The van der Waals surface area contributed by atoms with E-state index in [1.54, 1.807) is 0 Å². The number of amides is 2. The summed E-state index contributed by atoms with van der Waals surface area (Å²) in [5.41, 5.74) is 1.59. The largest absolute Gasteiger partial charge is 0.508 e. The van der Waals surface area contributed by atoms with E-state index in [9.17, 15) is 34.4 Å².